The second-order valence-corrected chi connectivity index (χ2v) is 5.79. The number of carbonyl (C=O) groups is 2. The molecular weight excluding hydrogens is 266 g/mol. The van der Waals surface area contributed by atoms with Gasteiger partial charge in [-0.15, -0.1) is 0 Å². The molecule has 4 nitrogen and oxygen atoms in total. The Hall–Kier alpha value is -1.84. The number of nitrogens with one attached hydrogen (secondary N) is 1. The maximum absolute atomic E-state index is 12.3. The minimum Gasteiger partial charge on any atom is -0.461 e. The number of aryl methyl sites for hydroxylation is 1. The van der Waals surface area contributed by atoms with Crippen molar-refractivity contribution in [1.82, 2.24) is 5.32 Å². The molecule has 0 saturated heterocycles. The molecule has 0 aromatic heterocycles. The van der Waals surface area contributed by atoms with Crippen LogP contribution in [0.4, 0.5) is 0 Å². The van der Waals surface area contributed by atoms with Gasteiger partial charge in [0.25, 0.3) is 0 Å². The Labute approximate surface area is 125 Å². The highest BCUT2D eigenvalue weighted by molar-refractivity contribution is 5.83. The van der Waals surface area contributed by atoms with Crippen molar-refractivity contribution in [2.75, 3.05) is 0 Å². The van der Waals surface area contributed by atoms with Crippen LogP contribution in [0.3, 0.4) is 0 Å². The first-order chi connectivity index (χ1) is 10.0. The molecule has 1 aromatic carbocycles. The second-order valence-electron chi connectivity index (χ2n) is 5.79. The highest BCUT2D eigenvalue weighted by Gasteiger charge is 2.26. The molecule has 0 heterocycles. The molecule has 1 atom stereocenters. The van der Waals surface area contributed by atoms with Gasteiger partial charge in [-0.2, -0.15) is 0 Å². The van der Waals surface area contributed by atoms with Crippen molar-refractivity contribution < 1.29 is 14.3 Å². The summed E-state index contributed by atoms with van der Waals surface area (Å²) in [6.07, 6.45) is 4.57. The van der Waals surface area contributed by atoms with E-state index in [4.69, 9.17) is 4.74 Å². The van der Waals surface area contributed by atoms with Crippen LogP contribution in [-0.2, 0) is 20.7 Å². The molecule has 2 rings (SSSR count). The molecule has 1 amide bonds. The zero-order chi connectivity index (χ0) is 15.2. The number of esters is 1. The van der Waals surface area contributed by atoms with Crippen LogP contribution in [0, 0.1) is 6.92 Å². The number of rotatable bonds is 5. The third kappa shape index (κ3) is 4.88. The Morgan fingerprint density at radius 3 is 2.43 bits per heavy atom. The fraction of sp³-hybridized carbons (Fsp3) is 0.529. The monoisotopic (exact) mass is 289 g/mol. The minimum absolute atomic E-state index is 0.0202. The van der Waals surface area contributed by atoms with E-state index in [0.29, 0.717) is 6.42 Å². The number of hydrogen-bond acceptors (Lipinski definition) is 3. The Balaban J connectivity index is 2.00. The van der Waals surface area contributed by atoms with E-state index in [-0.39, 0.29) is 18.0 Å². The van der Waals surface area contributed by atoms with Gasteiger partial charge in [0.2, 0.25) is 5.91 Å². The second kappa shape index (κ2) is 7.25. The Kier molecular flexibility index (Phi) is 5.37. The van der Waals surface area contributed by atoms with Crippen molar-refractivity contribution in [2.45, 2.75) is 58.1 Å². The Morgan fingerprint density at radius 1 is 1.24 bits per heavy atom. The molecule has 1 aliphatic carbocycles. The van der Waals surface area contributed by atoms with E-state index in [0.717, 1.165) is 31.2 Å². The maximum atomic E-state index is 12.3. The quantitative estimate of drug-likeness (QED) is 0.847. The van der Waals surface area contributed by atoms with Crippen molar-refractivity contribution >= 4 is 11.9 Å². The molecule has 0 spiro atoms. The number of carbonyl (C=O) groups excluding carboxylic acids is 2. The number of ether oxygens (including phenoxy) is 1. The van der Waals surface area contributed by atoms with Crippen LogP contribution >= 0.6 is 0 Å². The molecule has 1 N–H and O–H groups in total. The van der Waals surface area contributed by atoms with Crippen LogP contribution in [0.2, 0.25) is 0 Å². The molecule has 0 aliphatic heterocycles. The predicted molar refractivity (Wildman–Crippen MR) is 80.8 cm³/mol. The van der Waals surface area contributed by atoms with Gasteiger partial charge in [0.1, 0.15) is 12.1 Å². The Bertz CT molecular complexity index is 489. The van der Waals surface area contributed by atoms with E-state index in [1.165, 1.54) is 12.5 Å². The van der Waals surface area contributed by atoms with Crippen LogP contribution in [0.15, 0.2) is 24.3 Å². The smallest absolute Gasteiger partial charge is 0.329 e. The van der Waals surface area contributed by atoms with E-state index in [9.17, 15) is 9.59 Å². The maximum Gasteiger partial charge on any atom is 0.329 e. The van der Waals surface area contributed by atoms with Crippen LogP contribution in [0.5, 0.6) is 0 Å². The lowest BCUT2D eigenvalue weighted by Crippen LogP contribution is -2.43. The van der Waals surface area contributed by atoms with Crippen molar-refractivity contribution in [1.29, 1.82) is 0 Å². The Morgan fingerprint density at radius 2 is 1.86 bits per heavy atom. The zero-order valence-corrected chi connectivity index (χ0v) is 12.7. The third-order valence-electron chi connectivity index (χ3n) is 3.81. The SMILES string of the molecule is CC(=O)NC(Cc1ccc(C)cc1)C(=O)OC1CCCC1. The van der Waals surface area contributed by atoms with Gasteiger partial charge in [0, 0.05) is 13.3 Å². The van der Waals surface area contributed by atoms with E-state index < -0.39 is 6.04 Å². The average Bonchev–Trinajstić information content (AvgIpc) is 2.93. The summed E-state index contributed by atoms with van der Waals surface area (Å²) in [5.41, 5.74) is 2.19. The fourth-order valence-electron chi connectivity index (χ4n) is 2.65. The molecule has 1 aliphatic rings. The molecule has 0 radical (unpaired) electrons. The molecule has 0 bridgehead atoms. The topological polar surface area (TPSA) is 55.4 Å². The van der Waals surface area contributed by atoms with Gasteiger partial charge in [0.05, 0.1) is 0 Å². The molecule has 1 fully saturated rings. The standard InChI is InChI=1S/C17H23NO3/c1-12-7-9-14(10-8-12)11-16(18-13(2)19)17(20)21-15-5-3-4-6-15/h7-10,15-16H,3-6,11H2,1-2H3,(H,18,19). The van der Waals surface area contributed by atoms with Crippen LogP contribution < -0.4 is 5.32 Å². The van der Waals surface area contributed by atoms with Gasteiger partial charge in [-0.05, 0) is 38.2 Å². The largest absolute Gasteiger partial charge is 0.461 e. The zero-order valence-electron chi connectivity index (χ0n) is 12.7. The van der Waals surface area contributed by atoms with Crippen molar-refractivity contribution in [3.63, 3.8) is 0 Å². The van der Waals surface area contributed by atoms with Crippen molar-refractivity contribution in [3.05, 3.63) is 35.4 Å². The summed E-state index contributed by atoms with van der Waals surface area (Å²) in [5, 5.41) is 2.70. The summed E-state index contributed by atoms with van der Waals surface area (Å²) in [6.45, 7) is 3.44. The summed E-state index contributed by atoms with van der Waals surface area (Å²) >= 11 is 0. The molecule has 21 heavy (non-hydrogen) atoms. The van der Waals surface area contributed by atoms with Crippen molar-refractivity contribution in [3.8, 4) is 0 Å². The van der Waals surface area contributed by atoms with Gasteiger partial charge in [-0.1, -0.05) is 29.8 Å². The minimum atomic E-state index is -0.606. The summed E-state index contributed by atoms with van der Waals surface area (Å²) in [4.78, 5) is 23.6. The van der Waals surface area contributed by atoms with Gasteiger partial charge in [-0.25, -0.2) is 4.79 Å². The predicted octanol–water partition coefficient (Wildman–Crippen LogP) is 2.53. The van der Waals surface area contributed by atoms with Gasteiger partial charge in [-0.3, -0.25) is 4.79 Å². The molecule has 114 valence electrons. The summed E-state index contributed by atoms with van der Waals surface area (Å²) in [5.74, 6) is -0.534. The number of benzene rings is 1. The summed E-state index contributed by atoms with van der Waals surface area (Å²) < 4.78 is 5.52. The normalized spacial score (nSPS) is 16.5. The van der Waals surface area contributed by atoms with E-state index in [1.54, 1.807) is 0 Å². The van der Waals surface area contributed by atoms with Crippen LogP contribution in [0.1, 0.15) is 43.7 Å². The van der Waals surface area contributed by atoms with Gasteiger partial charge in [0.15, 0.2) is 0 Å². The van der Waals surface area contributed by atoms with E-state index in [2.05, 4.69) is 5.32 Å². The van der Waals surface area contributed by atoms with Crippen LogP contribution in [0.25, 0.3) is 0 Å². The molecular formula is C17H23NO3. The van der Waals surface area contributed by atoms with Gasteiger partial charge < -0.3 is 10.1 Å². The molecule has 1 saturated carbocycles. The third-order valence-corrected chi connectivity index (χ3v) is 3.81. The number of hydrogen-bond donors (Lipinski definition) is 1. The first kappa shape index (κ1) is 15.5. The highest BCUT2D eigenvalue weighted by atomic mass is 16.5. The first-order valence-electron chi connectivity index (χ1n) is 7.58. The summed E-state index contributed by atoms with van der Waals surface area (Å²) in [7, 11) is 0. The van der Waals surface area contributed by atoms with Gasteiger partial charge >= 0.3 is 5.97 Å². The molecule has 4 heteroatoms. The summed E-state index contributed by atoms with van der Waals surface area (Å²) in [6, 6.07) is 7.36. The highest BCUT2D eigenvalue weighted by Crippen LogP contribution is 2.21. The lowest BCUT2D eigenvalue weighted by Gasteiger charge is -2.19. The van der Waals surface area contributed by atoms with E-state index >= 15 is 0 Å². The number of amides is 1. The molecule has 1 aromatic rings. The van der Waals surface area contributed by atoms with Crippen LogP contribution in [-0.4, -0.2) is 24.0 Å². The first-order valence-corrected chi connectivity index (χ1v) is 7.58. The van der Waals surface area contributed by atoms with E-state index in [1.807, 2.05) is 31.2 Å². The molecule has 1 unspecified atom stereocenters. The average molecular weight is 289 g/mol. The fourth-order valence-corrected chi connectivity index (χ4v) is 2.65. The lowest BCUT2D eigenvalue weighted by molar-refractivity contribution is -0.152. The van der Waals surface area contributed by atoms with Crippen molar-refractivity contribution in [2.24, 2.45) is 0 Å². The lowest BCUT2D eigenvalue weighted by atomic mass is 10.0.